The number of hydrogen-bond donors (Lipinski definition) is 1. The fourth-order valence-corrected chi connectivity index (χ4v) is 3.76. The fourth-order valence-electron chi connectivity index (χ4n) is 3.76. The Morgan fingerprint density at radius 3 is 2.54 bits per heavy atom. The topological polar surface area (TPSA) is 143 Å². The van der Waals surface area contributed by atoms with Gasteiger partial charge in [0.1, 0.15) is 0 Å². The second kappa shape index (κ2) is 10.7. The van der Waals surface area contributed by atoms with E-state index in [1.54, 1.807) is 35.9 Å². The van der Waals surface area contributed by atoms with Crippen LogP contribution in [0.5, 0.6) is 5.75 Å². The maximum absolute atomic E-state index is 12.9. The third-order valence-corrected chi connectivity index (χ3v) is 5.65. The molecule has 12 heteroatoms. The van der Waals surface area contributed by atoms with Crippen LogP contribution in [0.3, 0.4) is 0 Å². The molecule has 1 amide bonds. The maximum atomic E-state index is 12.9. The average molecular weight is 505 g/mol. The van der Waals surface area contributed by atoms with Gasteiger partial charge in [0.15, 0.2) is 18.2 Å². The molecule has 0 saturated heterocycles. The molecule has 2 heterocycles. The first kappa shape index (κ1) is 25.1. The molecule has 2 aromatic carbocycles. The minimum absolute atomic E-state index is 0.0986. The van der Waals surface area contributed by atoms with Gasteiger partial charge in [-0.25, -0.2) is 9.48 Å². The van der Waals surface area contributed by atoms with Gasteiger partial charge in [-0.3, -0.25) is 19.6 Å². The van der Waals surface area contributed by atoms with Crippen LogP contribution >= 0.6 is 0 Å². The molecule has 4 rings (SSSR count). The lowest BCUT2D eigenvalue weighted by molar-refractivity contribution is -0.386. The summed E-state index contributed by atoms with van der Waals surface area (Å²) in [5.74, 6) is -0.793. The summed E-state index contributed by atoms with van der Waals surface area (Å²) in [6, 6.07) is 14.6. The van der Waals surface area contributed by atoms with Crippen LogP contribution in [0.2, 0.25) is 0 Å². The number of hydrogen-bond acceptors (Lipinski definition) is 8. The monoisotopic (exact) mass is 504 g/mol. The lowest BCUT2D eigenvalue weighted by atomic mass is 10.1. The summed E-state index contributed by atoms with van der Waals surface area (Å²) >= 11 is 0. The lowest BCUT2D eigenvalue weighted by Gasteiger charge is -2.10. The molecule has 0 saturated carbocycles. The Kier molecular flexibility index (Phi) is 7.28. The van der Waals surface area contributed by atoms with E-state index < -0.39 is 16.8 Å². The highest BCUT2D eigenvalue weighted by molar-refractivity contribution is 6.03. The van der Waals surface area contributed by atoms with Crippen LogP contribution in [0.4, 0.5) is 11.4 Å². The number of amides is 1. The van der Waals surface area contributed by atoms with Crippen LogP contribution in [0.25, 0.3) is 0 Å². The second-order valence-electron chi connectivity index (χ2n) is 8.05. The number of methoxy groups -OCH3 is 1. The number of ether oxygens (including phenoxy) is 2. The Morgan fingerprint density at radius 2 is 1.78 bits per heavy atom. The van der Waals surface area contributed by atoms with Crippen molar-refractivity contribution in [3.8, 4) is 5.75 Å². The number of carbonyl (C=O) groups excluding carboxylic acids is 2. The highest BCUT2D eigenvalue weighted by Crippen LogP contribution is 2.26. The molecule has 0 aliphatic carbocycles. The molecule has 0 atom stereocenters. The maximum Gasteiger partial charge on any atom is 0.338 e. The third-order valence-electron chi connectivity index (χ3n) is 5.65. The zero-order valence-corrected chi connectivity index (χ0v) is 20.4. The Morgan fingerprint density at radius 1 is 1.05 bits per heavy atom. The Balaban J connectivity index is 1.45. The van der Waals surface area contributed by atoms with Gasteiger partial charge < -0.3 is 14.8 Å². The van der Waals surface area contributed by atoms with Gasteiger partial charge in [0, 0.05) is 12.3 Å². The zero-order valence-electron chi connectivity index (χ0n) is 20.4. The minimum Gasteiger partial charge on any atom is -0.465 e. The number of nitro groups is 1. The standard InChI is InChI=1S/C25H24N6O6/c1-16-23(17(2)30(27-16)14-18-8-4-5-9-19(18)25(33)36-3)26-24(32)20-12-13-29(28-20)15-37-22-11-7-6-10-21(22)31(34)35/h4-13H,14-15H2,1-3H3,(H,26,32). The van der Waals surface area contributed by atoms with Gasteiger partial charge in [-0.15, -0.1) is 0 Å². The molecule has 0 unspecified atom stereocenters. The number of rotatable bonds is 9. The predicted molar refractivity (Wildman–Crippen MR) is 132 cm³/mol. The van der Waals surface area contributed by atoms with Crippen LogP contribution < -0.4 is 10.1 Å². The van der Waals surface area contributed by atoms with Gasteiger partial charge in [-0.1, -0.05) is 30.3 Å². The molecule has 0 spiro atoms. The van der Waals surface area contributed by atoms with Gasteiger partial charge in [-0.05, 0) is 37.6 Å². The summed E-state index contributed by atoms with van der Waals surface area (Å²) in [6.07, 6.45) is 1.54. The molecule has 0 fully saturated rings. The number of anilines is 1. The van der Waals surface area contributed by atoms with Crippen molar-refractivity contribution >= 4 is 23.3 Å². The van der Waals surface area contributed by atoms with Crippen molar-refractivity contribution in [2.75, 3.05) is 12.4 Å². The summed E-state index contributed by atoms with van der Waals surface area (Å²) in [7, 11) is 1.33. The highest BCUT2D eigenvalue weighted by atomic mass is 16.6. The molecule has 1 N–H and O–H groups in total. The summed E-state index contributed by atoms with van der Waals surface area (Å²) in [4.78, 5) is 35.6. The molecule has 4 aromatic rings. The molecule has 37 heavy (non-hydrogen) atoms. The smallest absolute Gasteiger partial charge is 0.338 e. The second-order valence-corrected chi connectivity index (χ2v) is 8.05. The van der Waals surface area contributed by atoms with Crippen molar-refractivity contribution in [1.82, 2.24) is 19.6 Å². The molecule has 2 aromatic heterocycles. The van der Waals surface area contributed by atoms with E-state index in [0.717, 1.165) is 5.56 Å². The van der Waals surface area contributed by atoms with Crippen molar-refractivity contribution in [3.63, 3.8) is 0 Å². The molecule has 0 radical (unpaired) electrons. The van der Waals surface area contributed by atoms with Gasteiger partial charge in [0.05, 0.1) is 41.2 Å². The Labute approximate surface area is 211 Å². The van der Waals surface area contributed by atoms with Gasteiger partial charge in [0.25, 0.3) is 5.91 Å². The number of nitro benzene ring substituents is 1. The van der Waals surface area contributed by atoms with Crippen LogP contribution in [0, 0.1) is 24.0 Å². The molecule has 0 aliphatic heterocycles. The first-order chi connectivity index (χ1) is 17.8. The van der Waals surface area contributed by atoms with Crippen molar-refractivity contribution in [2.45, 2.75) is 27.1 Å². The molecule has 190 valence electrons. The van der Waals surface area contributed by atoms with Crippen LogP contribution in [-0.4, -0.2) is 43.5 Å². The van der Waals surface area contributed by atoms with E-state index in [2.05, 4.69) is 15.5 Å². The number of benzene rings is 2. The molecule has 12 nitrogen and oxygen atoms in total. The number of para-hydroxylation sites is 2. The zero-order chi connectivity index (χ0) is 26.5. The number of esters is 1. The molecular weight excluding hydrogens is 480 g/mol. The van der Waals surface area contributed by atoms with Crippen LogP contribution in [0.15, 0.2) is 60.8 Å². The number of aryl methyl sites for hydroxylation is 1. The number of aromatic nitrogens is 4. The third kappa shape index (κ3) is 5.48. The van der Waals surface area contributed by atoms with Gasteiger partial charge >= 0.3 is 11.7 Å². The van der Waals surface area contributed by atoms with Crippen LogP contribution in [-0.2, 0) is 18.0 Å². The lowest BCUT2D eigenvalue weighted by Crippen LogP contribution is -2.15. The van der Waals surface area contributed by atoms with Crippen molar-refractivity contribution in [3.05, 3.63) is 99.1 Å². The van der Waals surface area contributed by atoms with E-state index in [1.807, 2.05) is 19.1 Å². The first-order valence-corrected chi connectivity index (χ1v) is 11.2. The van der Waals surface area contributed by atoms with Gasteiger partial charge in [-0.2, -0.15) is 10.2 Å². The normalized spacial score (nSPS) is 10.7. The van der Waals surface area contributed by atoms with E-state index >= 15 is 0 Å². The Hall–Kier alpha value is -5.00. The van der Waals surface area contributed by atoms with E-state index in [9.17, 15) is 19.7 Å². The SMILES string of the molecule is COC(=O)c1ccccc1Cn1nc(C)c(NC(=O)c2ccn(COc3ccccc3[N+](=O)[O-])n2)c1C. The van der Waals surface area contributed by atoms with Gasteiger partial charge in [0.2, 0.25) is 0 Å². The summed E-state index contributed by atoms with van der Waals surface area (Å²) < 4.78 is 13.4. The average Bonchev–Trinajstić information content (AvgIpc) is 3.48. The number of nitrogens with zero attached hydrogens (tertiary/aromatic N) is 5. The first-order valence-electron chi connectivity index (χ1n) is 11.2. The molecule has 0 aliphatic rings. The minimum atomic E-state index is -0.532. The highest BCUT2D eigenvalue weighted by Gasteiger charge is 2.19. The number of nitrogens with one attached hydrogen (secondary N) is 1. The summed E-state index contributed by atoms with van der Waals surface area (Å²) in [5, 5.41) is 22.7. The predicted octanol–water partition coefficient (Wildman–Crippen LogP) is 3.73. The van der Waals surface area contributed by atoms with E-state index in [0.29, 0.717) is 29.2 Å². The Bertz CT molecular complexity index is 1470. The van der Waals surface area contributed by atoms with Crippen molar-refractivity contribution < 1.29 is 24.0 Å². The molecular formula is C25H24N6O6. The number of carbonyl (C=O) groups is 2. The van der Waals surface area contributed by atoms with E-state index in [4.69, 9.17) is 9.47 Å². The van der Waals surface area contributed by atoms with Crippen LogP contribution in [0.1, 0.15) is 37.8 Å². The summed E-state index contributed by atoms with van der Waals surface area (Å²) in [5.41, 5.74) is 2.97. The van der Waals surface area contributed by atoms with E-state index in [1.165, 1.54) is 36.2 Å². The largest absolute Gasteiger partial charge is 0.465 e. The van der Waals surface area contributed by atoms with Crippen molar-refractivity contribution in [1.29, 1.82) is 0 Å². The molecule has 0 bridgehead atoms. The van der Waals surface area contributed by atoms with Crippen molar-refractivity contribution in [2.24, 2.45) is 0 Å². The quantitative estimate of drug-likeness (QED) is 0.206. The van der Waals surface area contributed by atoms with E-state index in [-0.39, 0.29) is 23.9 Å². The summed E-state index contributed by atoms with van der Waals surface area (Å²) in [6.45, 7) is 3.78. The fraction of sp³-hybridized carbons (Fsp3) is 0.200.